The van der Waals surface area contributed by atoms with Gasteiger partial charge >= 0.3 is 0 Å². The molecule has 0 bridgehead atoms. The number of nitrogens with two attached hydrogens (primary N) is 1. The largest absolute Gasteiger partial charge is 0.361 e. The van der Waals surface area contributed by atoms with Gasteiger partial charge in [0.15, 0.2) is 0 Å². The predicted molar refractivity (Wildman–Crippen MR) is 72.7 cm³/mol. The van der Waals surface area contributed by atoms with Crippen LogP contribution in [0.25, 0.3) is 0 Å². The van der Waals surface area contributed by atoms with E-state index in [9.17, 15) is 0 Å². The van der Waals surface area contributed by atoms with Crippen molar-refractivity contribution >= 4 is 0 Å². The Labute approximate surface area is 108 Å². The normalized spacial score (nSPS) is 12.7. The molecule has 1 heterocycles. The molecular weight excluding hydrogens is 224 g/mol. The van der Waals surface area contributed by atoms with Crippen molar-refractivity contribution in [3.63, 3.8) is 0 Å². The van der Waals surface area contributed by atoms with Crippen molar-refractivity contribution in [2.24, 2.45) is 5.73 Å². The molecule has 1 aromatic heterocycles. The molecule has 0 aliphatic carbocycles. The van der Waals surface area contributed by atoms with Crippen molar-refractivity contribution < 1.29 is 4.52 Å². The van der Waals surface area contributed by atoms with Crippen LogP contribution in [0.3, 0.4) is 0 Å². The molecule has 3 nitrogen and oxygen atoms in total. The summed E-state index contributed by atoms with van der Waals surface area (Å²) in [6, 6.07) is 8.58. The molecule has 1 unspecified atom stereocenters. The number of hydrogen-bond donors (Lipinski definition) is 1. The van der Waals surface area contributed by atoms with Gasteiger partial charge in [0.1, 0.15) is 5.76 Å². The Hall–Kier alpha value is -1.61. The first-order chi connectivity index (χ1) is 8.61. The predicted octanol–water partition coefficient (Wildman–Crippen LogP) is 2.88. The van der Waals surface area contributed by atoms with Gasteiger partial charge in [0, 0.05) is 11.5 Å². The molecule has 18 heavy (non-hydrogen) atoms. The maximum absolute atomic E-state index is 5.91. The fraction of sp³-hybridized carbons (Fsp3) is 0.400. The zero-order chi connectivity index (χ0) is 13.1. The van der Waals surface area contributed by atoms with E-state index in [4.69, 9.17) is 10.3 Å². The van der Waals surface area contributed by atoms with Gasteiger partial charge in [-0.05, 0) is 39.3 Å². The molecule has 0 radical (unpaired) electrons. The van der Waals surface area contributed by atoms with Gasteiger partial charge in [-0.25, -0.2) is 0 Å². The molecule has 0 fully saturated rings. The number of aryl methyl sites for hydroxylation is 3. The lowest BCUT2D eigenvalue weighted by atomic mass is 9.91. The maximum Gasteiger partial charge on any atom is 0.137 e. The van der Waals surface area contributed by atoms with Gasteiger partial charge in [0.25, 0.3) is 0 Å². The first kappa shape index (κ1) is 12.8. The number of aromatic nitrogens is 1. The fourth-order valence-electron chi connectivity index (χ4n) is 2.22. The Kier molecular flexibility index (Phi) is 3.82. The minimum absolute atomic E-state index is 0.322. The molecular formula is C15H20N2O. The van der Waals surface area contributed by atoms with E-state index in [0.29, 0.717) is 12.5 Å². The first-order valence-corrected chi connectivity index (χ1v) is 6.30. The van der Waals surface area contributed by atoms with Gasteiger partial charge < -0.3 is 10.3 Å². The van der Waals surface area contributed by atoms with Gasteiger partial charge in [-0.15, -0.1) is 0 Å². The minimum atomic E-state index is 0.322. The molecule has 96 valence electrons. The second-order valence-electron chi connectivity index (χ2n) is 4.85. The Morgan fingerprint density at radius 1 is 1.17 bits per heavy atom. The Morgan fingerprint density at radius 3 is 2.33 bits per heavy atom. The molecule has 2 rings (SSSR count). The highest BCUT2D eigenvalue weighted by molar-refractivity contribution is 5.29. The van der Waals surface area contributed by atoms with Crippen molar-refractivity contribution in [1.29, 1.82) is 0 Å². The van der Waals surface area contributed by atoms with Gasteiger partial charge in [0.05, 0.1) is 5.69 Å². The van der Waals surface area contributed by atoms with Crippen molar-refractivity contribution in [2.75, 3.05) is 6.54 Å². The summed E-state index contributed by atoms with van der Waals surface area (Å²) in [4.78, 5) is 0. The molecule has 1 atom stereocenters. The Balaban J connectivity index is 2.22. The number of nitrogens with zero attached hydrogens (tertiary/aromatic N) is 1. The maximum atomic E-state index is 5.91. The standard InChI is InChI=1S/C15H20N2O/c1-10-4-6-13(7-5-10)14(9-16)8-15-11(2)17-18-12(15)3/h4-7,14H,8-9,16H2,1-3H3. The lowest BCUT2D eigenvalue weighted by Gasteiger charge is -2.15. The summed E-state index contributed by atoms with van der Waals surface area (Å²) in [5.41, 5.74) is 10.6. The lowest BCUT2D eigenvalue weighted by Crippen LogP contribution is -2.15. The van der Waals surface area contributed by atoms with E-state index >= 15 is 0 Å². The smallest absolute Gasteiger partial charge is 0.137 e. The van der Waals surface area contributed by atoms with Crippen LogP contribution in [0.4, 0.5) is 0 Å². The molecule has 2 aromatic rings. The van der Waals surface area contributed by atoms with Gasteiger partial charge in [-0.2, -0.15) is 0 Å². The average molecular weight is 244 g/mol. The zero-order valence-corrected chi connectivity index (χ0v) is 11.2. The highest BCUT2D eigenvalue weighted by Crippen LogP contribution is 2.24. The minimum Gasteiger partial charge on any atom is -0.361 e. The molecule has 0 spiro atoms. The summed E-state index contributed by atoms with van der Waals surface area (Å²) >= 11 is 0. The lowest BCUT2D eigenvalue weighted by molar-refractivity contribution is 0.392. The fourth-order valence-corrected chi connectivity index (χ4v) is 2.22. The van der Waals surface area contributed by atoms with Crippen LogP contribution in [0.15, 0.2) is 28.8 Å². The van der Waals surface area contributed by atoms with Crippen molar-refractivity contribution in [1.82, 2.24) is 5.16 Å². The second-order valence-corrected chi connectivity index (χ2v) is 4.85. The Bertz CT molecular complexity index is 494. The van der Waals surface area contributed by atoms with Crippen molar-refractivity contribution in [3.8, 4) is 0 Å². The SMILES string of the molecule is Cc1ccc(C(CN)Cc2c(C)noc2C)cc1. The van der Waals surface area contributed by atoms with Gasteiger partial charge in [-0.3, -0.25) is 0 Å². The molecule has 0 amide bonds. The van der Waals surface area contributed by atoms with E-state index in [1.54, 1.807) is 0 Å². The monoisotopic (exact) mass is 244 g/mol. The van der Waals surface area contributed by atoms with Crippen LogP contribution in [0, 0.1) is 20.8 Å². The van der Waals surface area contributed by atoms with Crippen LogP contribution < -0.4 is 5.73 Å². The summed E-state index contributed by atoms with van der Waals surface area (Å²) in [6.45, 7) is 6.66. The first-order valence-electron chi connectivity index (χ1n) is 6.30. The molecule has 3 heteroatoms. The summed E-state index contributed by atoms with van der Waals surface area (Å²) in [5.74, 6) is 1.22. The molecule has 0 aliphatic heterocycles. The van der Waals surface area contributed by atoms with E-state index in [1.807, 2.05) is 13.8 Å². The van der Waals surface area contributed by atoms with E-state index in [1.165, 1.54) is 16.7 Å². The Morgan fingerprint density at radius 2 is 1.83 bits per heavy atom. The third-order valence-corrected chi connectivity index (χ3v) is 3.47. The van der Waals surface area contributed by atoms with Crippen LogP contribution in [0.1, 0.15) is 34.1 Å². The third-order valence-electron chi connectivity index (χ3n) is 3.47. The van der Waals surface area contributed by atoms with E-state index in [0.717, 1.165) is 17.9 Å². The molecule has 0 saturated heterocycles. The summed E-state index contributed by atoms with van der Waals surface area (Å²) in [7, 11) is 0. The number of hydrogen-bond acceptors (Lipinski definition) is 3. The second kappa shape index (κ2) is 5.36. The molecule has 0 saturated carbocycles. The highest BCUT2D eigenvalue weighted by atomic mass is 16.5. The molecule has 0 aliphatic rings. The van der Waals surface area contributed by atoms with Gasteiger partial charge in [0.2, 0.25) is 0 Å². The van der Waals surface area contributed by atoms with Crippen molar-refractivity contribution in [2.45, 2.75) is 33.1 Å². The van der Waals surface area contributed by atoms with E-state index < -0.39 is 0 Å². The summed E-state index contributed by atoms with van der Waals surface area (Å²) in [5, 5.41) is 4.00. The van der Waals surface area contributed by atoms with Gasteiger partial charge in [-0.1, -0.05) is 35.0 Å². The topological polar surface area (TPSA) is 52.0 Å². The molecule has 1 aromatic carbocycles. The van der Waals surface area contributed by atoms with E-state index in [-0.39, 0.29) is 0 Å². The average Bonchev–Trinajstić information content (AvgIpc) is 2.68. The van der Waals surface area contributed by atoms with E-state index in [2.05, 4.69) is 36.3 Å². The highest BCUT2D eigenvalue weighted by Gasteiger charge is 2.16. The summed E-state index contributed by atoms with van der Waals surface area (Å²) in [6.07, 6.45) is 0.890. The van der Waals surface area contributed by atoms with Crippen molar-refractivity contribution in [3.05, 3.63) is 52.4 Å². The molecule has 2 N–H and O–H groups in total. The third kappa shape index (κ3) is 2.62. The zero-order valence-electron chi connectivity index (χ0n) is 11.2. The van der Waals surface area contributed by atoms with Crippen LogP contribution in [-0.4, -0.2) is 11.7 Å². The van der Waals surface area contributed by atoms with Crippen LogP contribution >= 0.6 is 0 Å². The summed E-state index contributed by atoms with van der Waals surface area (Å²) < 4.78 is 5.20. The van der Waals surface area contributed by atoms with Crippen LogP contribution in [0.5, 0.6) is 0 Å². The van der Waals surface area contributed by atoms with Crippen LogP contribution in [-0.2, 0) is 6.42 Å². The number of benzene rings is 1. The van der Waals surface area contributed by atoms with Crippen LogP contribution in [0.2, 0.25) is 0 Å². The number of rotatable bonds is 4. The quantitative estimate of drug-likeness (QED) is 0.899.